The van der Waals surface area contributed by atoms with Crippen LogP contribution in [-0.2, 0) is 0 Å². The lowest BCUT2D eigenvalue weighted by molar-refractivity contribution is 0.593. The van der Waals surface area contributed by atoms with Crippen LogP contribution in [0.5, 0.6) is 0 Å². The van der Waals surface area contributed by atoms with Crippen molar-refractivity contribution in [3.63, 3.8) is 0 Å². The molecule has 0 spiro atoms. The van der Waals surface area contributed by atoms with Crippen LogP contribution in [0.15, 0.2) is 18.2 Å². The molecule has 1 N–H and O–H groups in total. The highest BCUT2D eigenvalue weighted by Crippen LogP contribution is 2.24. The molecule has 1 fully saturated rings. The third-order valence-electron chi connectivity index (χ3n) is 2.85. The number of likely N-dealkylation sites (N-methyl/N-ethyl adjacent to an activating group) is 1. The van der Waals surface area contributed by atoms with Gasteiger partial charge in [-0.15, -0.1) is 0 Å². The smallest absolute Gasteiger partial charge is 0.146 e. The second-order valence-electron chi connectivity index (χ2n) is 3.82. The number of anilines is 1. The lowest BCUT2D eigenvalue weighted by Gasteiger charge is -2.19. The van der Waals surface area contributed by atoms with E-state index in [0.717, 1.165) is 25.6 Å². The molecule has 0 aliphatic carbocycles. The van der Waals surface area contributed by atoms with Crippen molar-refractivity contribution in [1.82, 2.24) is 5.32 Å². The molecule has 1 atom stereocenters. The van der Waals surface area contributed by atoms with Crippen molar-refractivity contribution in [2.45, 2.75) is 12.5 Å². The fraction of sp³-hybridized carbons (Fsp3) is 0.455. The number of rotatable bonds is 2. The van der Waals surface area contributed by atoms with Gasteiger partial charge in [0.25, 0.3) is 0 Å². The summed E-state index contributed by atoms with van der Waals surface area (Å²) in [5.41, 5.74) is 0.368. The molecule has 1 aliphatic heterocycles. The predicted molar refractivity (Wildman–Crippen MR) is 56.0 cm³/mol. The Morgan fingerprint density at radius 3 is 2.87 bits per heavy atom. The second-order valence-corrected chi connectivity index (χ2v) is 3.82. The van der Waals surface area contributed by atoms with Gasteiger partial charge in [0.15, 0.2) is 0 Å². The third kappa shape index (κ3) is 2.09. The summed E-state index contributed by atoms with van der Waals surface area (Å²) in [4.78, 5) is 1.87. The predicted octanol–water partition coefficient (Wildman–Crippen LogP) is 1.76. The molecule has 0 amide bonds. The van der Waals surface area contributed by atoms with Crippen LogP contribution in [0, 0.1) is 11.6 Å². The highest BCUT2D eigenvalue weighted by Gasteiger charge is 2.23. The SMILES string of the molecule is CNC1CCN(c2cc(F)ccc2F)C1. The molecule has 0 radical (unpaired) electrons. The monoisotopic (exact) mass is 212 g/mol. The summed E-state index contributed by atoms with van der Waals surface area (Å²) >= 11 is 0. The Bertz CT molecular complexity index is 354. The molecule has 1 aromatic carbocycles. The fourth-order valence-electron chi connectivity index (χ4n) is 1.94. The summed E-state index contributed by atoms with van der Waals surface area (Å²) in [6.45, 7) is 1.50. The molecule has 1 unspecified atom stereocenters. The number of hydrogen-bond acceptors (Lipinski definition) is 2. The van der Waals surface area contributed by atoms with E-state index in [1.165, 1.54) is 12.1 Å². The van der Waals surface area contributed by atoms with Crippen LogP contribution < -0.4 is 10.2 Å². The van der Waals surface area contributed by atoms with Crippen molar-refractivity contribution in [2.24, 2.45) is 0 Å². The molecule has 82 valence electrons. The molecule has 0 saturated carbocycles. The van der Waals surface area contributed by atoms with Gasteiger partial charge in [0, 0.05) is 25.2 Å². The summed E-state index contributed by atoms with van der Waals surface area (Å²) in [6.07, 6.45) is 0.965. The number of halogens is 2. The quantitative estimate of drug-likeness (QED) is 0.803. The molecule has 1 aromatic rings. The minimum absolute atomic E-state index is 0.354. The van der Waals surface area contributed by atoms with Gasteiger partial charge >= 0.3 is 0 Å². The molecule has 1 aliphatic rings. The Labute approximate surface area is 87.9 Å². The Morgan fingerprint density at radius 1 is 1.40 bits per heavy atom. The molecule has 2 nitrogen and oxygen atoms in total. The maximum atomic E-state index is 13.4. The Kier molecular flexibility index (Phi) is 2.86. The van der Waals surface area contributed by atoms with E-state index in [0.29, 0.717) is 11.7 Å². The van der Waals surface area contributed by atoms with Crippen LogP contribution in [0.25, 0.3) is 0 Å². The van der Waals surface area contributed by atoms with Gasteiger partial charge in [-0.2, -0.15) is 0 Å². The second kappa shape index (κ2) is 4.14. The molecule has 4 heteroatoms. The minimum Gasteiger partial charge on any atom is -0.367 e. The topological polar surface area (TPSA) is 15.3 Å². The van der Waals surface area contributed by atoms with E-state index in [4.69, 9.17) is 0 Å². The largest absolute Gasteiger partial charge is 0.367 e. The van der Waals surface area contributed by atoms with E-state index in [9.17, 15) is 8.78 Å². The highest BCUT2D eigenvalue weighted by molar-refractivity contribution is 5.49. The third-order valence-corrected chi connectivity index (χ3v) is 2.85. The van der Waals surface area contributed by atoms with Crippen molar-refractivity contribution in [3.05, 3.63) is 29.8 Å². The average Bonchev–Trinajstić information content (AvgIpc) is 2.70. The van der Waals surface area contributed by atoms with Crippen molar-refractivity contribution in [1.29, 1.82) is 0 Å². The van der Waals surface area contributed by atoms with Crippen LogP contribution in [-0.4, -0.2) is 26.2 Å². The standard InChI is InChI=1S/C11H14F2N2/c1-14-9-4-5-15(7-9)11-6-8(12)2-3-10(11)13/h2-3,6,9,14H,4-5,7H2,1H3. The van der Waals surface area contributed by atoms with Gasteiger partial charge in [0.1, 0.15) is 11.6 Å². The van der Waals surface area contributed by atoms with E-state index in [1.54, 1.807) is 0 Å². The van der Waals surface area contributed by atoms with E-state index in [2.05, 4.69) is 5.32 Å². The van der Waals surface area contributed by atoms with Crippen molar-refractivity contribution >= 4 is 5.69 Å². The Hall–Kier alpha value is -1.16. The van der Waals surface area contributed by atoms with Crippen LogP contribution in [0.2, 0.25) is 0 Å². The van der Waals surface area contributed by atoms with Gasteiger partial charge < -0.3 is 10.2 Å². The maximum absolute atomic E-state index is 13.4. The lowest BCUT2D eigenvalue weighted by atomic mass is 10.2. The van der Waals surface area contributed by atoms with Gasteiger partial charge in [-0.3, -0.25) is 0 Å². The fourth-order valence-corrected chi connectivity index (χ4v) is 1.94. The normalized spacial score (nSPS) is 21.0. The van der Waals surface area contributed by atoms with Crippen LogP contribution >= 0.6 is 0 Å². The zero-order chi connectivity index (χ0) is 10.8. The number of nitrogens with one attached hydrogen (secondary N) is 1. The van der Waals surface area contributed by atoms with E-state index < -0.39 is 0 Å². The van der Waals surface area contributed by atoms with Gasteiger partial charge in [-0.05, 0) is 25.6 Å². The highest BCUT2D eigenvalue weighted by atomic mass is 19.1. The summed E-state index contributed by atoms with van der Waals surface area (Å²) in [5.74, 6) is -0.743. The summed E-state index contributed by atoms with van der Waals surface area (Å²) < 4.78 is 26.4. The van der Waals surface area contributed by atoms with Crippen LogP contribution in [0.1, 0.15) is 6.42 Å². The number of benzene rings is 1. The molecule has 2 rings (SSSR count). The average molecular weight is 212 g/mol. The van der Waals surface area contributed by atoms with Gasteiger partial charge in [-0.25, -0.2) is 8.78 Å². The molecule has 1 saturated heterocycles. The van der Waals surface area contributed by atoms with Crippen molar-refractivity contribution < 1.29 is 8.78 Å². The van der Waals surface area contributed by atoms with Gasteiger partial charge in [0.2, 0.25) is 0 Å². The number of hydrogen-bond donors (Lipinski definition) is 1. The first-order valence-electron chi connectivity index (χ1n) is 5.08. The van der Waals surface area contributed by atoms with Crippen LogP contribution in [0.3, 0.4) is 0 Å². The summed E-state index contributed by atoms with van der Waals surface area (Å²) in [5, 5.41) is 3.14. The van der Waals surface area contributed by atoms with Crippen LogP contribution in [0.4, 0.5) is 14.5 Å². The van der Waals surface area contributed by atoms with Gasteiger partial charge in [0.05, 0.1) is 5.69 Å². The first-order chi connectivity index (χ1) is 7.20. The van der Waals surface area contributed by atoms with Crippen molar-refractivity contribution in [3.8, 4) is 0 Å². The molecule has 0 bridgehead atoms. The summed E-state index contributed by atoms with van der Waals surface area (Å²) in [7, 11) is 1.89. The molecule has 0 aromatic heterocycles. The Balaban J connectivity index is 2.19. The molecule has 15 heavy (non-hydrogen) atoms. The first-order valence-corrected chi connectivity index (χ1v) is 5.08. The molecular weight excluding hydrogens is 198 g/mol. The number of nitrogens with zero attached hydrogens (tertiary/aromatic N) is 1. The lowest BCUT2D eigenvalue weighted by Crippen LogP contribution is -2.29. The zero-order valence-electron chi connectivity index (χ0n) is 8.63. The molecule has 1 heterocycles. The molecular formula is C11H14F2N2. The summed E-state index contributed by atoms with van der Waals surface area (Å²) in [6, 6.07) is 3.95. The zero-order valence-corrected chi connectivity index (χ0v) is 8.63. The van der Waals surface area contributed by atoms with Gasteiger partial charge in [-0.1, -0.05) is 0 Å². The van der Waals surface area contributed by atoms with E-state index in [-0.39, 0.29) is 11.6 Å². The maximum Gasteiger partial charge on any atom is 0.146 e. The van der Waals surface area contributed by atoms with E-state index >= 15 is 0 Å². The minimum atomic E-state index is -0.390. The van der Waals surface area contributed by atoms with Crippen molar-refractivity contribution in [2.75, 3.05) is 25.0 Å². The first kappa shape index (κ1) is 10.4. The Morgan fingerprint density at radius 2 is 2.20 bits per heavy atom. The van der Waals surface area contributed by atoms with E-state index in [1.807, 2.05) is 11.9 Å².